The number of hydrogen-bond donors (Lipinski definition) is 2. The van der Waals surface area contributed by atoms with E-state index >= 15 is 0 Å². The van der Waals surface area contributed by atoms with E-state index < -0.39 is 0 Å². The lowest BCUT2D eigenvalue weighted by Gasteiger charge is -2.33. The van der Waals surface area contributed by atoms with Crippen LogP contribution in [0.2, 0.25) is 0 Å². The lowest BCUT2D eigenvalue weighted by Crippen LogP contribution is -2.50. The van der Waals surface area contributed by atoms with Crippen LogP contribution in [0.1, 0.15) is 36.5 Å². The molecule has 0 aliphatic carbocycles. The average molecular weight is 351 g/mol. The summed E-state index contributed by atoms with van der Waals surface area (Å²) in [7, 11) is 0. The van der Waals surface area contributed by atoms with Crippen LogP contribution in [0.4, 0.5) is 4.79 Å². The maximum absolute atomic E-state index is 12.3. The Morgan fingerprint density at radius 2 is 2.21 bits per heavy atom. The molecule has 0 saturated carbocycles. The molecule has 2 aliphatic heterocycles. The number of carbonyl (C=O) groups excluding carboxylic acids is 2. The Bertz CT molecular complexity index is 562. The van der Waals surface area contributed by atoms with E-state index in [1.54, 1.807) is 0 Å². The minimum atomic E-state index is -0.0201. The molecule has 2 fully saturated rings. The Balaban J connectivity index is 1.39. The van der Waals surface area contributed by atoms with Crippen molar-refractivity contribution in [1.82, 2.24) is 15.5 Å². The summed E-state index contributed by atoms with van der Waals surface area (Å²) in [6.07, 6.45) is 2.58. The largest absolute Gasteiger partial charge is 0.381 e. The van der Waals surface area contributed by atoms with E-state index in [9.17, 15) is 9.59 Å². The highest BCUT2D eigenvalue weighted by Crippen LogP contribution is 2.26. The molecule has 1 aromatic heterocycles. The van der Waals surface area contributed by atoms with Crippen molar-refractivity contribution in [2.75, 3.05) is 32.8 Å². The molecule has 6 nitrogen and oxygen atoms in total. The highest BCUT2D eigenvalue weighted by Gasteiger charge is 2.31. The second-order valence-electron chi connectivity index (χ2n) is 7.02. The molecule has 3 amide bonds. The lowest BCUT2D eigenvalue weighted by atomic mass is 9.90. The molecule has 3 rings (SSSR count). The van der Waals surface area contributed by atoms with E-state index in [1.165, 1.54) is 11.3 Å². The molecule has 7 heteroatoms. The van der Waals surface area contributed by atoms with Gasteiger partial charge >= 0.3 is 6.03 Å². The highest BCUT2D eigenvalue weighted by atomic mass is 32.1. The van der Waals surface area contributed by atoms with E-state index in [1.807, 2.05) is 21.7 Å². The van der Waals surface area contributed by atoms with Gasteiger partial charge in [0.15, 0.2) is 0 Å². The summed E-state index contributed by atoms with van der Waals surface area (Å²) < 4.78 is 5.42. The predicted molar refractivity (Wildman–Crippen MR) is 93.3 cm³/mol. The Labute approximate surface area is 146 Å². The number of thiophene rings is 1. The van der Waals surface area contributed by atoms with Gasteiger partial charge in [0.25, 0.3) is 5.91 Å². The van der Waals surface area contributed by atoms with Crippen LogP contribution in [0.3, 0.4) is 0 Å². The Morgan fingerprint density at radius 1 is 1.42 bits per heavy atom. The van der Waals surface area contributed by atoms with Gasteiger partial charge in [-0.25, -0.2) is 4.79 Å². The number of urea groups is 1. The molecule has 0 bridgehead atoms. The number of ether oxygens (including phenoxy) is 1. The van der Waals surface area contributed by atoms with Crippen LogP contribution < -0.4 is 10.6 Å². The van der Waals surface area contributed by atoms with E-state index in [4.69, 9.17) is 4.74 Å². The van der Waals surface area contributed by atoms with Crippen molar-refractivity contribution in [3.05, 3.63) is 22.4 Å². The molecule has 24 heavy (non-hydrogen) atoms. The Hall–Kier alpha value is -1.60. The average Bonchev–Trinajstić information content (AvgIpc) is 3.25. The summed E-state index contributed by atoms with van der Waals surface area (Å²) >= 11 is 1.52. The third kappa shape index (κ3) is 4.27. The van der Waals surface area contributed by atoms with Crippen LogP contribution in [0.25, 0.3) is 0 Å². The molecule has 3 heterocycles. The zero-order valence-corrected chi connectivity index (χ0v) is 14.9. The van der Waals surface area contributed by atoms with Gasteiger partial charge in [0.05, 0.1) is 6.61 Å². The fourth-order valence-corrected chi connectivity index (χ4v) is 3.77. The second kappa shape index (κ2) is 7.53. The summed E-state index contributed by atoms with van der Waals surface area (Å²) in [6.45, 7) is 5.64. The monoisotopic (exact) mass is 351 g/mol. The van der Waals surface area contributed by atoms with Gasteiger partial charge in [-0.3, -0.25) is 4.79 Å². The highest BCUT2D eigenvalue weighted by molar-refractivity contribution is 7.08. The number of nitrogens with zero attached hydrogens (tertiary/aromatic N) is 1. The molecule has 0 aromatic carbocycles. The van der Waals surface area contributed by atoms with Crippen LogP contribution in [-0.4, -0.2) is 55.7 Å². The summed E-state index contributed by atoms with van der Waals surface area (Å²) in [5, 5.41) is 9.84. The van der Waals surface area contributed by atoms with Crippen molar-refractivity contribution in [3.8, 4) is 0 Å². The molecular weight excluding hydrogens is 326 g/mol. The summed E-state index contributed by atoms with van der Waals surface area (Å²) in [4.78, 5) is 26.2. The smallest absolute Gasteiger partial charge is 0.317 e. The quantitative estimate of drug-likeness (QED) is 0.872. The van der Waals surface area contributed by atoms with E-state index in [0.717, 1.165) is 25.9 Å². The molecule has 1 aromatic rings. The molecule has 2 saturated heterocycles. The van der Waals surface area contributed by atoms with Gasteiger partial charge in [0.2, 0.25) is 0 Å². The first kappa shape index (κ1) is 17.2. The molecule has 0 radical (unpaired) electrons. The van der Waals surface area contributed by atoms with E-state index in [-0.39, 0.29) is 23.4 Å². The van der Waals surface area contributed by atoms with Gasteiger partial charge in [-0.2, -0.15) is 11.3 Å². The Kier molecular flexibility index (Phi) is 5.40. The van der Waals surface area contributed by atoms with Gasteiger partial charge in [0, 0.05) is 48.6 Å². The van der Waals surface area contributed by atoms with Gasteiger partial charge in [-0.15, -0.1) is 0 Å². The van der Waals surface area contributed by atoms with Crippen molar-refractivity contribution in [2.24, 2.45) is 5.41 Å². The number of likely N-dealkylation sites (tertiary alicyclic amines) is 1. The van der Waals surface area contributed by atoms with Crippen molar-refractivity contribution in [3.63, 3.8) is 0 Å². The maximum atomic E-state index is 12.3. The zero-order valence-electron chi connectivity index (χ0n) is 14.0. The molecule has 1 atom stereocenters. The van der Waals surface area contributed by atoms with Crippen LogP contribution in [-0.2, 0) is 4.74 Å². The van der Waals surface area contributed by atoms with Crippen LogP contribution in [0.5, 0.6) is 0 Å². The first-order chi connectivity index (χ1) is 11.6. The lowest BCUT2D eigenvalue weighted by molar-refractivity contribution is 0.0917. The summed E-state index contributed by atoms with van der Waals surface area (Å²) in [5.74, 6) is -0.0201. The zero-order chi connectivity index (χ0) is 17.0. The van der Waals surface area contributed by atoms with Crippen LogP contribution in [0, 0.1) is 5.41 Å². The summed E-state index contributed by atoms with van der Waals surface area (Å²) in [6, 6.07) is 1.96. The van der Waals surface area contributed by atoms with Crippen LogP contribution in [0.15, 0.2) is 16.8 Å². The van der Waals surface area contributed by atoms with Gasteiger partial charge in [-0.1, -0.05) is 6.92 Å². The van der Waals surface area contributed by atoms with Crippen molar-refractivity contribution in [2.45, 2.75) is 32.2 Å². The number of amides is 3. The molecule has 132 valence electrons. The van der Waals surface area contributed by atoms with Gasteiger partial charge < -0.3 is 20.3 Å². The standard InChI is InChI=1S/C17H25N3O3S/c1-17(5-8-23-12-17)11-18-16(22)20-6-2-14(3-7-20)19-15(21)13-4-9-24-10-13/h4,9-10,14H,2-3,5-8,11-12H2,1H3,(H,18,22)(H,19,21)/t17-/m0/s1. The third-order valence-corrected chi connectivity index (χ3v) is 5.55. The molecule has 0 unspecified atom stereocenters. The minimum Gasteiger partial charge on any atom is -0.381 e. The molecule has 2 aliphatic rings. The fraction of sp³-hybridized carbons (Fsp3) is 0.647. The molecule has 0 spiro atoms. The number of rotatable bonds is 4. The second-order valence-corrected chi connectivity index (χ2v) is 7.80. The fourth-order valence-electron chi connectivity index (χ4n) is 3.14. The minimum absolute atomic E-state index is 0.00858. The molecule has 2 N–H and O–H groups in total. The van der Waals surface area contributed by atoms with E-state index in [0.29, 0.717) is 31.8 Å². The van der Waals surface area contributed by atoms with Crippen molar-refractivity contribution < 1.29 is 14.3 Å². The van der Waals surface area contributed by atoms with E-state index in [2.05, 4.69) is 17.6 Å². The SMILES string of the molecule is C[C@@]1(CNC(=O)N2CCC(NC(=O)c3ccsc3)CC2)CCOC1. The summed E-state index contributed by atoms with van der Waals surface area (Å²) in [5.41, 5.74) is 0.773. The van der Waals surface area contributed by atoms with Crippen LogP contribution >= 0.6 is 11.3 Å². The van der Waals surface area contributed by atoms with Crippen molar-refractivity contribution >= 4 is 23.3 Å². The third-order valence-electron chi connectivity index (χ3n) is 4.87. The van der Waals surface area contributed by atoms with Gasteiger partial charge in [-0.05, 0) is 30.7 Å². The van der Waals surface area contributed by atoms with Gasteiger partial charge in [0.1, 0.15) is 0 Å². The number of hydrogen-bond acceptors (Lipinski definition) is 4. The topological polar surface area (TPSA) is 70.7 Å². The number of nitrogens with one attached hydrogen (secondary N) is 2. The number of piperidine rings is 1. The predicted octanol–water partition coefficient (Wildman–Crippen LogP) is 2.08. The number of carbonyl (C=O) groups is 2. The first-order valence-electron chi connectivity index (χ1n) is 8.49. The maximum Gasteiger partial charge on any atom is 0.317 e. The Morgan fingerprint density at radius 3 is 2.83 bits per heavy atom. The normalized spacial score (nSPS) is 24.8. The van der Waals surface area contributed by atoms with Crippen molar-refractivity contribution in [1.29, 1.82) is 0 Å². The first-order valence-corrected chi connectivity index (χ1v) is 9.44. The molecular formula is C17H25N3O3S.